The minimum atomic E-state index is -0.342. The van der Waals surface area contributed by atoms with Gasteiger partial charge in [-0.25, -0.2) is 0 Å². The number of fused-ring (bicyclic) bond motifs is 1. The highest BCUT2D eigenvalue weighted by atomic mass is 16.5. The Morgan fingerprint density at radius 3 is 2.65 bits per heavy atom. The second-order valence-corrected chi connectivity index (χ2v) is 4.65. The number of benzene rings is 2. The predicted molar refractivity (Wildman–Crippen MR) is 73.4 cm³/mol. The fraction of sp³-hybridized carbons (Fsp3) is 0.125. The Balaban J connectivity index is 1.77. The van der Waals surface area contributed by atoms with E-state index in [2.05, 4.69) is 5.32 Å². The monoisotopic (exact) mass is 267 g/mol. The number of ether oxygens (including phenoxy) is 1. The van der Waals surface area contributed by atoms with Gasteiger partial charge in [0, 0.05) is 5.56 Å². The van der Waals surface area contributed by atoms with Crippen LogP contribution in [0.4, 0.5) is 0 Å². The lowest BCUT2D eigenvalue weighted by molar-refractivity contribution is -0.119. The van der Waals surface area contributed by atoms with E-state index in [1.165, 1.54) is 0 Å². The topological polar surface area (TPSA) is 55.4 Å². The Kier molecular flexibility index (Phi) is 3.21. The Bertz CT molecular complexity index is 665. The van der Waals surface area contributed by atoms with Gasteiger partial charge in [-0.1, -0.05) is 30.3 Å². The molecule has 3 rings (SSSR count). The molecule has 1 aliphatic rings. The first-order valence-electron chi connectivity index (χ1n) is 6.36. The molecule has 0 aromatic heterocycles. The van der Waals surface area contributed by atoms with Gasteiger partial charge in [-0.05, 0) is 29.3 Å². The van der Waals surface area contributed by atoms with Crippen molar-refractivity contribution in [2.24, 2.45) is 0 Å². The molecule has 1 N–H and O–H groups in total. The van der Waals surface area contributed by atoms with Gasteiger partial charge in [0.15, 0.2) is 0 Å². The summed E-state index contributed by atoms with van der Waals surface area (Å²) in [6.07, 6.45) is 0.212. The second kappa shape index (κ2) is 5.17. The molecule has 0 saturated carbocycles. The molecule has 100 valence electrons. The molecule has 0 saturated heterocycles. The summed E-state index contributed by atoms with van der Waals surface area (Å²) in [4.78, 5) is 23.0. The number of nitrogens with one attached hydrogen (secondary N) is 1. The predicted octanol–water partition coefficient (Wildman–Crippen LogP) is 2.08. The molecule has 4 nitrogen and oxygen atoms in total. The third-order valence-corrected chi connectivity index (χ3v) is 3.17. The molecule has 4 heteroatoms. The minimum absolute atomic E-state index is 0.212. The lowest BCUT2D eigenvalue weighted by atomic mass is 10.00. The summed E-state index contributed by atoms with van der Waals surface area (Å²) in [6.45, 7) is 0.458. The van der Waals surface area contributed by atoms with Crippen LogP contribution in [-0.2, 0) is 17.8 Å². The number of imide groups is 1. The third-order valence-electron chi connectivity index (χ3n) is 3.17. The van der Waals surface area contributed by atoms with Crippen LogP contribution in [0.3, 0.4) is 0 Å². The normalized spacial score (nSPS) is 13.6. The molecule has 0 bridgehead atoms. The molecular weight excluding hydrogens is 254 g/mol. The molecule has 2 aromatic carbocycles. The SMILES string of the molecule is O=C1Cc2cc(OCc3ccccc3)ccc2C(=O)N1. The Hall–Kier alpha value is -2.62. The molecule has 2 amide bonds. The quantitative estimate of drug-likeness (QED) is 0.866. The highest BCUT2D eigenvalue weighted by Gasteiger charge is 2.22. The maximum atomic E-state index is 11.6. The fourth-order valence-corrected chi connectivity index (χ4v) is 2.18. The molecule has 1 heterocycles. The number of amides is 2. The summed E-state index contributed by atoms with van der Waals surface area (Å²) in [6, 6.07) is 15.0. The van der Waals surface area contributed by atoms with Crippen LogP contribution < -0.4 is 10.1 Å². The van der Waals surface area contributed by atoms with E-state index in [1.807, 2.05) is 30.3 Å². The molecule has 0 atom stereocenters. The van der Waals surface area contributed by atoms with Crippen molar-refractivity contribution in [2.75, 3.05) is 0 Å². The largest absolute Gasteiger partial charge is 0.489 e. The first-order chi connectivity index (χ1) is 9.72. The number of carbonyl (C=O) groups is 2. The van der Waals surface area contributed by atoms with Gasteiger partial charge in [-0.2, -0.15) is 0 Å². The van der Waals surface area contributed by atoms with Gasteiger partial charge in [0.1, 0.15) is 12.4 Å². The van der Waals surface area contributed by atoms with Crippen LogP contribution in [0.25, 0.3) is 0 Å². The van der Waals surface area contributed by atoms with E-state index >= 15 is 0 Å². The average molecular weight is 267 g/mol. The van der Waals surface area contributed by atoms with Gasteiger partial charge in [0.2, 0.25) is 5.91 Å². The maximum absolute atomic E-state index is 11.6. The first-order valence-corrected chi connectivity index (χ1v) is 6.36. The molecule has 0 fully saturated rings. The Labute approximate surface area is 116 Å². The van der Waals surface area contributed by atoms with Gasteiger partial charge in [0.25, 0.3) is 5.91 Å². The highest BCUT2D eigenvalue weighted by molar-refractivity contribution is 6.09. The Morgan fingerprint density at radius 2 is 1.85 bits per heavy atom. The first kappa shape index (κ1) is 12.4. The van der Waals surface area contributed by atoms with Crippen molar-refractivity contribution in [3.8, 4) is 5.75 Å². The van der Waals surface area contributed by atoms with Crippen molar-refractivity contribution in [2.45, 2.75) is 13.0 Å². The maximum Gasteiger partial charge on any atom is 0.258 e. The van der Waals surface area contributed by atoms with E-state index in [-0.39, 0.29) is 18.2 Å². The lowest BCUT2D eigenvalue weighted by Crippen LogP contribution is -2.37. The minimum Gasteiger partial charge on any atom is -0.489 e. The van der Waals surface area contributed by atoms with Crippen molar-refractivity contribution in [1.29, 1.82) is 0 Å². The number of rotatable bonds is 3. The molecule has 0 aliphatic carbocycles. The molecule has 0 radical (unpaired) electrons. The number of hydrogen-bond acceptors (Lipinski definition) is 3. The zero-order valence-electron chi connectivity index (χ0n) is 10.8. The van der Waals surface area contributed by atoms with Gasteiger partial charge >= 0.3 is 0 Å². The van der Waals surface area contributed by atoms with Crippen LogP contribution in [0.15, 0.2) is 48.5 Å². The van der Waals surface area contributed by atoms with Crippen LogP contribution in [-0.4, -0.2) is 11.8 Å². The summed E-state index contributed by atoms with van der Waals surface area (Å²) in [5.41, 5.74) is 2.32. The fourth-order valence-electron chi connectivity index (χ4n) is 2.18. The summed E-state index contributed by atoms with van der Waals surface area (Å²) < 4.78 is 5.69. The summed E-state index contributed by atoms with van der Waals surface area (Å²) in [5, 5.41) is 2.29. The van der Waals surface area contributed by atoms with Gasteiger partial charge < -0.3 is 4.74 Å². The summed E-state index contributed by atoms with van der Waals surface area (Å²) in [5.74, 6) is 0.0451. The molecule has 0 spiro atoms. The van der Waals surface area contributed by atoms with E-state index in [4.69, 9.17) is 4.74 Å². The van der Waals surface area contributed by atoms with Gasteiger partial charge in [0.05, 0.1) is 6.42 Å². The van der Waals surface area contributed by atoms with Crippen LogP contribution >= 0.6 is 0 Å². The summed E-state index contributed by atoms with van der Waals surface area (Å²) in [7, 11) is 0. The average Bonchev–Trinajstić information content (AvgIpc) is 2.45. The van der Waals surface area contributed by atoms with Crippen molar-refractivity contribution in [3.63, 3.8) is 0 Å². The Morgan fingerprint density at radius 1 is 1.05 bits per heavy atom. The molecule has 1 aliphatic heterocycles. The van der Waals surface area contributed by atoms with Crippen molar-refractivity contribution < 1.29 is 14.3 Å². The van der Waals surface area contributed by atoms with Crippen LogP contribution in [0.1, 0.15) is 21.5 Å². The van der Waals surface area contributed by atoms with E-state index in [1.54, 1.807) is 18.2 Å². The zero-order valence-corrected chi connectivity index (χ0v) is 10.8. The number of carbonyl (C=O) groups excluding carboxylic acids is 2. The standard InChI is InChI=1S/C16H13NO3/c18-15-9-12-8-13(6-7-14(12)16(19)17-15)20-10-11-4-2-1-3-5-11/h1-8H,9-10H2,(H,17,18,19). The van der Waals surface area contributed by atoms with Gasteiger partial charge in [-0.15, -0.1) is 0 Å². The summed E-state index contributed by atoms with van der Waals surface area (Å²) >= 11 is 0. The zero-order chi connectivity index (χ0) is 13.9. The van der Waals surface area contributed by atoms with Crippen LogP contribution in [0.2, 0.25) is 0 Å². The van der Waals surface area contributed by atoms with Crippen molar-refractivity contribution in [1.82, 2.24) is 5.32 Å². The molecule has 20 heavy (non-hydrogen) atoms. The second-order valence-electron chi connectivity index (χ2n) is 4.65. The lowest BCUT2D eigenvalue weighted by Gasteiger charge is -2.16. The van der Waals surface area contributed by atoms with Gasteiger partial charge in [-0.3, -0.25) is 14.9 Å². The van der Waals surface area contributed by atoms with E-state index in [0.29, 0.717) is 23.5 Å². The molecule has 0 unspecified atom stereocenters. The van der Waals surface area contributed by atoms with Crippen LogP contribution in [0.5, 0.6) is 5.75 Å². The van der Waals surface area contributed by atoms with Crippen molar-refractivity contribution in [3.05, 3.63) is 65.2 Å². The smallest absolute Gasteiger partial charge is 0.258 e. The van der Waals surface area contributed by atoms with Crippen LogP contribution in [0, 0.1) is 0 Å². The highest BCUT2D eigenvalue weighted by Crippen LogP contribution is 2.21. The van der Waals surface area contributed by atoms with E-state index in [9.17, 15) is 9.59 Å². The molecule has 2 aromatic rings. The van der Waals surface area contributed by atoms with Crippen molar-refractivity contribution >= 4 is 11.8 Å². The van der Waals surface area contributed by atoms with E-state index < -0.39 is 0 Å². The van der Waals surface area contributed by atoms with E-state index in [0.717, 1.165) is 5.56 Å². The third kappa shape index (κ3) is 2.54. The number of hydrogen-bond donors (Lipinski definition) is 1. The molecular formula is C16H13NO3.